The normalized spacial score (nSPS) is 10.1. The number of nitrogens with zero attached hydrogens (tertiary/aromatic N) is 2. The van der Waals surface area contributed by atoms with Crippen LogP contribution in [0, 0.1) is 6.33 Å². The maximum absolute atomic E-state index is 11.2. The van der Waals surface area contributed by atoms with Gasteiger partial charge in [-0.1, -0.05) is 0 Å². The third-order valence-electron chi connectivity index (χ3n) is 0.496. The molecular weight excluding hydrogens is 134 g/mol. The molecule has 0 aliphatic rings. The largest absolute Gasteiger partial charge is 0.422 e. The monoisotopic (exact) mass is 135 g/mol. The number of aromatic nitrogens is 2. The molecule has 0 saturated carbocycles. The van der Waals surface area contributed by atoms with Gasteiger partial charge >= 0.3 is 12.7 Å². The molecule has 0 bridgehead atoms. The van der Waals surface area contributed by atoms with E-state index >= 15 is 0 Å². The quantitative estimate of drug-likeness (QED) is 0.591. The van der Waals surface area contributed by atoms with Crippen LogP contribution >= 0.6 is 0 Å². The van der Waals surface area contributed by atoms with E-state index in [1.165, 1.54) is 0 Å². The van der Waals surface area contributed by atoms with Gasteiger partial charge in [0, 0.05) is 0 Å². The van der Waals surface area contributed by atoms with Gasteiger partial charge in [-0.25, -0.2) is 0 Å². The van der Waals surface area contributed by atoms with Crippen molar-refractivity contribution in [3.8, 4) is 6.08 Å². The summed E-state index contributed by atoms with van der Waals surface area (Å²) in [6.45, 7) is -2.93. The van der Waals surface area contributed by atoms with E-state index < -0.39 is 12.7 Å². The molecule has 0 atom stereocenters. The summed E-state index contributed by atoms with van der Waals surface area (Å²) >= 11 is 0. The second-order valence-corrected chi connectivity index (χ2v) is 1.04. The predicted octanol–water partition coefficient (Wildman–Crippen LogP) is 0.471. The molecule has 9 heavy (non-hydrogen) atoms. The Morgan fingerprint density at radius 3 is 2.89 bits per heavy atom. The van der Waals surface area contributed by atoms with Crippen LogP contribution < -0.4 is 4.74 Å². The number of hydrogen-bond acceptors (Lipinski definition) is 4. The van der Waals surface area contributed by atoms with E-state index in [2.05, 4.69) is 19.4 Å². The van der Waals surface area contributed by atoms with Gasteiger partial charge < -0.3 is 4.74 Å². The zero-order chi connectivity index (χ0) is 6.69. The molecule has 0 saturated heterocycles. The van der Waals surface area contributed by atoms with Crippen molar-refractivity contribution in [1.29, 1.82) is 0 Å². The molecule has 0 N–H and O–H groups in total. The minimum Gasteiger partial charge on any atom is -0.386 e. The van der Waals surface area contributed by atoms with Crippen LogP contribution in [0.15, 0.2) is 4.52 Å². The fourth-order valence-corrected chi connectivity index (χ4v) is 0.265. The van der Waals surface area contributed by atoms with Gasteiger partial charge in [0.15, 0.2) is 0 Å². The highest BCUT2D eigenvalue weighted by Gasteiger charge is 2.07. The Kier molecular flexibility index (Phi) is 1.57. The molecule has 4 nitrogen and oxygen atoms in total. The Hall–Kier alpha value is -1.20. The standard InChI is InChI=1S/C3HF2N2O2/c4-2(5)8-3-6-1-7-9-3/h2H. The first kappa shape index (κ1) is 5.93. The summed E-state index contributed by atoms with van der Waals surface area (Å²) in [6.07, 6.45) is 1.33. The van der Waals surface area contributed by atoms with Gasteiger partial charge in [0.2, 0.25) is 6.33 Å². The van der Waals surface area contributed by atoms with Crippen molar-refractivity contribution in [1.82, 2.24) is 10.1 Å². The fourth-order valence-electron chi connectivity index (χ4n) is 0.265. The van der Waals surface area contributed by atoms with Crippen molar-refractivity contribution in [3.63, 3.8) is 0 Å². The molecular formula is C3HF2N2O2. The number of halogens is 2. The molecule has 1 heterocycles. The lowest BCUT2D eigenvalue weighted by molar-refractivity contribution is -0.0700. The van der Waals surface area contributed by atoms with Gasteiger partial charge in [-0.3, -0.25) is 4.52 Å². The average molecular weight is 135 g/mol. The summed E-state index contributed by atoms with van der Waals surface area (Å²) in [6, 6.07) is 0. The first-order valence-electron chi connectivity index (χ1n) is 1.93. The smallest absolute Gasteiger partial charge is 0.386 e. The Morgan fingerprint density at radius 1 is 1.67 bits per heavy atom. The molecule has 0 aromatic carbocycles. The van der Waals surface area contributed by atoms with E-state index in [1.807, 2.05) is 6.33 Å². The van der Waals surface area contributed by atoms with Crippen LogP contribution in [0.2, 0.25) is 0 Å². The first-order chi connectivity index (χ1) is 4.29. The first-order valence-corrected chi connectivity index (χ1v) is 1.93. The van der Waals surface area contributed by atoms with Crippen molar-refractivity contribution in [3.05, 3.63) is 6.33 Å². The van der Waals surface area contributed by atoms with Gasteiger partial charge in [0.25, 0.3) is 0 Å². The second-order valence-electron chi connectivity index (χ2n) is 1.04. The molecule has 1 aromatic rings. The van der Waals surface area contributed by atoms with Gasteiger partial charge in [-0.15, -0.1) is 4.98 Å². The van der Waals surface area contributed by atoms with Crippen molar-refractivity contribution < 1.29 is 18.0 Å². The molecule has 0 fully saturated rings. The summed E-state index contributed by atoms with van der Waals surface area (Å²) in [7, 11) is 0. The van der Waals surface area contributed by atoms with E-state index in [4.69, 9.17) is 0 Å². The molecule has 0 amide bonds. The lowest BCUT2D eigenvalue weighted by Crippen LogP contribution is -2.01. The minimum atomic E-state index is -2.93. The summed E-state index contributed by atoms with van der Waals surface area (Å²) in [4.78, 5) is 3.05. The maximum atomic E-state index is 11.2. The lowest BCUT2D eigenvalue weighted by Gasteiger charge is -1.93. The van der Waals surface area contributed by atoms with E-state index in [1.54, 1.807) is 0 Å². The van der Waals surface area contributed by atoms with Crippen LogP contribution in [0.1, 0.15) is 0 Å². The average Bonchev–Trinajstić information content (AvgIpc) is 2.15. The zero-order valence-electron chi connectivity index (χ0n) is 4.04. The van der Waals surface area contributed by atoms with Crippen LogP contribution in [0.5, 0.6) is 6.08 Å². The lowest BCUT2D eigenvalue weighted by atomic mass is 11.2. The molecule has 1 aromatic heterocycles. The molecule has 0 aliphatic carbocycles. The molecule has 49 valence electrons. The van der Waals surface area contributed by atoms with Crippen molar-refractivity contribution in [2.75, 3.05) is 0 Å². The summed E-state index contributed by atoms with van der Waals surface area (Å²) in [5, 5.41) is 2.91. The van der Waals surface area contributed by atoms with Gasteiger partial charge in [-0.05, 0) is 5.16 Å². The van der Waals surface area contributed by atoms with Crippen LogP contribution in [-0.2, 0) is 0 Å². The molecule has 1 radical (unpaired) electrons. The Labute approximate surface area is 48.4 Å². The van der Waals surface area contributed by atoms with Gasteiger partial charge in [0.05, 0.1) is 0 Å². The third kappa shape index (κ3) is 1.63. The van der Waals surface area contributed by atoms with Crippen molar-refractivity contribution in [2.45, 2.75) is 6.61 Å². The number of hydrogen-bond donors (Lipinski definition) is 0. The molecule has 0 unspecified atom stereocenters. The fraction of sp³-hybridized carbons (Fsp3) is 0.333. The highest BCUT2D eigenvalue weighted by Crippen LogP contribution is 2.05. The van der Waals surface area contributed by atoms with Gasteiger partial charge in [0.1, 0.15) is 0 Å². The highest BCUT2D eigenvalue weighted by molar-refractivity contribution is 4.76. The van der Waals surface area contributed by atoms with E-state index in [0.29, 0.717) is 0 Å². The summed E-state index contributed by atoms with van der Waals surface area (Å²) < 4.78 is 30.1. The van der Waals surface area contributed by atoms with E-state index in [-0.39, 0.29) is 0 Å². The minimum absolute atomic E-state index is 0.579. The molecule has 1 rings (SSSR count). The predicted molar refractivity (Wildman–Crippen MR) is 19.8 cm³/mol. The SMILES string of the molecule is FC(F)Oc1n[c]no1. The summed E-state index contributed by atoms with van der Waals surface area (Å²) in [5.74, 6) is 0. The Morgan fingerprint density at radius 2 is 2.44 bits per heavy atom. The molecule has 0 spiro atoms. The van der Waals surface area contributed by atoms with Crippen LogP contribution in [0.4, 0.5) is 8.78 Å². The molecule has 0 aliphatic heterocycles. The Bertz CT molecular complexity index is 164. The maximum Gasteiger partial charge on any atom is 0.422 e. The van der Waals surface area contributed by atoms with E-state index in [9.17, 15) is 8.78 Å². The number of rotatable bonds is 2. The van der Waals surface area contributed by atoms with Crippen molar-refractivity contribution >= 4 is 0 Å². The van der Waals surface area contributed by atoms with Crippen LogP contribution in [0.3, 0.4) is 0 Å². The third-order valence-corrected chi connectivity index (χ3v) is 0.496. The molecule has 6 heteroatoms. The highest BCUT2D eigenvalue weighted by atomic mass is 19.3. The second kappa shape index (κ2) is 2.38. The van der Waals surface area contributed by atoms with E-state index in [0.717, 1.165) is 0 Å². The number of ether oxygens (including phenoxy) is 1. The van der Waals surface area contributed by atoms with Crippen LogP contribution in [0.25, 0.3) is 0 Å². The van der Waals surface area contributed by atoms with Crippen LogP contribution in [-0.4, -0.2) is 16.8 Å². The number of alkyl halides is 2. The topological polar surface area (TPSA) is 48.2 Å². The zero-order valence-corrected chi connectivity index (χ0v) is 4.04. The summed E-state index contributed by atoms with van der Waals surface area (Å²) in [5.41, 5.74) is 0. The Balaban J connectivity index is 2.48. The van der Waals surface area contributed by atoms with Gasteiger partial charge in [-0.2, -0.15) is 8.78 Å². The van der Waals surface area contributed by atoms with Crippen molar-refractivity contribution in [2.24, 2.45) is 0 Å².